The number of aliphatic hydroxyl groups excluding tert-OH is 1. The highest BCUT2D eigenvalue weighted by molar-refractivity contribution is 7.93. The van der Waals surface area contributed by atoms with Crippen LogP contribution in [0.1, 0.15) is 26.0 Å². The molecule has 16 heteroatoms. The molecule has 2 N–H and O–H groups in total. The number of anilines is 2. The number of ether oxygens (including phenoxy) is 2. The van der Waals surface area contributed by atoms with E-state index in [4.69, 9.17) is 9.47 Å². The number of halogens is 1. The Morgan fingerprint density at radius 2 is 1.76 bits per heavy atom. The van der Waals surface area contributed by atoms with E-state index in [1.807, 2.05) is 26.2 Å². The van der Waals surface area contributed by atoms with E-state index in [0.717, 1.165) is 18.1 Å². The third-order valence-corrected chi connectivity index (χ3v) is 8.69. The number of methoxy groups -OCH3 is 2. The fourth-order valence-corrected chi connectivity index (χ4v) is 6.48. The van der Waals surface area contributed by atoms with Crippen molar-refractivity contribution >= 4 is 33.3 Å². The lowest BCUT2D eigenvalue weighted by molar-refractivity contribution is 0.154. The molecular weight excluding hydrogens is 575 g/mol. The van der Waals surface area contributed by atoms with Crippen molar-refractivity contribution in [2.75, 3.05) is 36.9 Å². The number of benzene rings is 1. The van der Waals surface area contributed by atoms with Gasteiger partial charge in [0.1, 0.15) is 22.4 Å². The van der Waals surface area contributed by atoms with Gasteiger partial charge < -0.3 is 19.5 Å². The zero-order chi connectivity index (χ0) is 29.7. The Hall–Kier alpha value is -3.89. The average Bonchev–Trinajstić information content (AvgIpc) is 3.59. The maximum atomic E-state index is 13.7. The topological polar surface area (TPSA) is 157 Å². The van der Waals surface area contributed by atoms with E-state index in [2.05, 4.69) is 29.9 Å². The molecular formula is C25H31FN8O5S2. The number of β-amino-alcohol motifs (C(OH)–C–C–N with tert-alkyl or cyclic N) is 1. The second kappa shape index (κ2) is 12.7. The fraction of sp³-hybridized carbons (Fsp3) is 0.400. The van der Waals surface area contributed by atoms with Gasteiger partial charge in [-0.3, -0.25) is 9.29 Å². The number of hydrogen-bond acceptors (Lipinski definition) is 12. The van der Waals surface area contributed by atoms with E-state index in [-0.39, 0.29) is 37.2 Å². The van der Waals surface area contributed by atoms with E-state index >= 15 is 0 Å². The Bertz CT molecular complexity index is 1560. The molecule has 41 heavy (non-hydrogen) atoms. The van der Waals surface area contributed by atoms with Crippen molar-refractivity contribution in [3.63, 3.8) is 0 Å². The molecule has 0 bridgehead atoms. The predicted molar refractivity (Wildman–Crippen MR) is 153 cm³/mol. The molecule has 4 aromatic rings. The minimum atomic E-state index is -4.15. The summed E-state index contributed by atoms with van der Waals surface area (Å²) in [6.07, 6.45) is 0.930. The van der Waals surface area contributed by atoms with Crippen LogP contribution in [0.15, 0.2) is 36.0 Å². The third kappa shape index (κ3) is 6.39. The summed E-state index contributed by atoms with van der Waals surface area (Å²) >= 11 is 1.32. The summed E-state index contributed by atoms with van der Waals surface area (Å²) < 4.78 is 55.8. The van der Waals surface area contributed by atoms with Crippen LogP contribution in [0.25, 0.3) is 16.5 Å². The van der Waals surface area contributed by atoms with Gasteiger partial charge in [0, 0.05) is 24.2 Å². The first-order chi connectivity index (χ1) is 19.7. The molecule has 0 radical (unpaired) electrons. The molecule has 0 aliphatic carbocycles. The molecule has 1 aromatic carbocycles. The normalized spacial score (nSPS) is 17.0. The van der Waals surface area contributed by atoms with Crippen LogP contribution in [0.3, 0.4) is 0 Å². The highest BCUT2D eigenvalue weighted by Crippen LogP contribution is 2.38. The lowest BCUT2D eigenvalue weighted by atomic mass is 10.1. The predicted octanol–water partition coefficient (Wildman–Crippen LogP) is 3.05. The van der Waals surface area contributed by atoms with Crippen LogP contribution in [-0.4, -0.2) is 81.9 Å². The second-order valence-electron chi connectivity index (χ2n) is 8.75. The summed E-state index contributed by atoms with van der Waals surface area (Å²) in [6.45, 7) is 5.89. The summed E-state index contributed by atoms with van der Waals surface area (Å²) in [7, 11) is -1.19. The standard InChI is InChI=1S/C23H25FN8O5S2.C2H6/c1-13-12-38-21(27-13)20-28-29-23(32(20)19-17(36-2)5-4-6-18(19)37-3)30-39(34,35)16-7-15(33)10-31(11-16)22-25-8-14(24)9-26-22;1-2/h4-6,8-9,12,15-16,33H,7,10-11H2,1-3H3,(H,29,30);1-2H3/t15-,16+;/m0./s1. The number of hydrogen-bond donors (Lipinski definition) is 2. The van der Waals surface area contributed by atoms with Crippen LogP contribution in [0.4, 0.5) is 16.3 Å². The number of rotatable bonds is 8. The van der Waals surface area contributed by atoms with Crippen LogP contribution in [-0.2, 0) is 10.0 Å². The Morgan fingerprint density at radius 3 is 2.34 bits per heavy atom. The van der Waals surface area contributed by atoms with Gasteiger partial charge in [-0.1, -0.05) is 19.9 Å². The fourth-order valence-electron chi connectivity index (χ4n) is 4.30. The number of thiazole rings is 1. The van der Waals surface area contributed by atoms with Gasteiger partial charge >= 0.3 is 0 Å². The van der Waals surface area contributed by atoms with Crippen molar-refractivity contribution in [3.8, 4) is 28.0 Å². The summed E-state index contributed by atoms with van der Waals surface area (Å²) in [4.78, 5) is 13.8. The van der Waals surface area contributed by atoms with Crippen LogP contribution >= 0.6 is 11.3 Å². The molecule has 5 rings (SSSR count). The van der Waals surface area contributed by atoms with Crippen molar-refractivity contribution in [1.82, 2.24) is 29.7 Å². The summed E-state index contributed by atoms with van der Waals surface area (Å²) in [5.41, 5.74) is 1.14. The molecule has 1 saturated heterocycles. The van der Waals surface area contributed by atoms with Crippen molar-refractivity contribution in [2.45, 2.75) is 38.5 Å². The summed E-state index contributed by atoms with van der Waals surface area (Å²) in [6, 6.07) is 5.13. The Kier molecular flexibility index (Phi) is 9.35. The molecule has 0 spiro atoms. The largest absolute Gasteiger partial charge is 0.494 e. The van der Waals surface area contributed by atoms with Gasteiger partial charge in [0.25, 0.3) is 0 Å². The minimum Gasteiger partial charge on any atom is -0.494 e. The summed E-state index contributed by atoms with van der Waals surface area (Å²) in [5.74, 6) is 0.413. The number of aryl methyl sites for hydroxylation is 1. The first kappa shape index (κ1) is 30.1. The number of sulfonamides is 1. The lowest BCUT2D eigenvalue weighted by Crippen LogP contribution is -2.50. The molecule has 1 fully saturated rings. The van der Waals surface area contributed by atoms with Crippen molar-refractivity contribution in [1.29, 1.82) is 0 Å². The highest BCUT2D eigenvalue weighted by Gasteiger charge is 2.37. The maximum Gasteiger partial charge on any atom is 0.243 e. The van der Waals surface area contributed by atoms with Crippen LogP contribution in [0, 0.1) is 12.7 Å². The molecule has 1 aliphatic heterocycles. The number of nitrogens with one attached hydrogen (secondary N) is 1. The van der Waals surface area contributed by atoms with Gasteiger partial charge in [0.15, 0.2) is 16.6 Å². The van der Waals surface area contributed by atoms with E-state index in [1.165, 1.54) is 35.0 Å². The Balaban J connectivity index is 0.00000189. The first-order valence-corrected chi connectivity index (χ1v) is 15.1. The summed E-state index contributed by atoms with van der Waals surface area (Å²) in [5, 5.41) is 20.2. The Morgan fingerprint density at radius 1 is 1.10 bits per heavy atom. The molecule has 0 saturated carbocycles. The monoisotopic (exact) mass is 606 g/mol. The second-order valence-corrected chi connectivity index (χ2v) is 11.6. The number of aromatic nitrogens is 6. The quantitative estimate of drug-likeness (QED) is 0.304. The van der Waals surface area contributed by atoms with Gasteiger partial charge in [0.2, 0.25) is 21.9 Å². The molecule has 220 valence electrons. The van der Waals surface area contributed by atoms with Crippen molar-refractivity contribution in [3.05, 3.63) is 47.5 Å². The van der Waals surface area contributed by atoms with Crippen LogP contribution in [0.2, 0.25) is 0 Å². The zero-order valence-corrected chi connectivity index (χ0v) is 24.8. The maximum absolute atomic E-state index is 13.7. The van der Waals surface area contributed by atoms with Crippen molar-refractivity contribution in [2.24, 2.45) is 0 Å². The van der Waals surface area contributed by atoms with E-state index in [9.17, 15) is 17.9 Å². The van der Waals surface area contributed by atoms with Crippen LogP contribution < -0.4 is 19.1 Å². The molecule has 4 heterocycles. The molecule has 13 nitrogen and oxygen atoms in total. The zero-order valence-electron chi connectivity index (χ0n) is 23.1. The highest BCUT2D eigenvalue weighted by atomic mass is 32.2. The van der Waals surface area contributed by atoms with Crippen LogP contribution in [0.5, 0.6) is 11.5 Å². The number of para-hydroxylation sites is 1. The number of piperidine rings is 1. The Labute approximate surface area is 241 Å². The van der Waals surface area contributed by atoms with Gasteiger partial charge in [-0.2, -0.15) is 0 Å². The SMILES string of the molecule is CC.COc1cccc(OC)c1-n1c(NS(=O)(=O)[C@@H]2C[C@H](O)CN(c3ncc(F)cn3)C2)nnc1-c1nc(C)cs1. The number of aliphatic hydroxyl groups is 1. The van der Waals surface area contributed by atoms with Gasteiger partial charge in [0.05, 0.1) is 32.7 Å². The molecule has 3 aromatic heterocycles. The lowest BCUT2D eigenvalue weighted by Gasteiger charge is -2.35. The van der Waals surface area contributed by atoms with E-state index in [1.54, 1.807) is 18.2 Å². The first-order valence-electron chi connectivity index (χ1n) is 12.7. The van der Waals surface area contributed by atoms with E-state index in [0.29, 0.717) is 22.2 Å². The smallest absolute Gasteiger partial charge is 0.243 e. The van der Waals surface area contributed by atoms with E-state index < -0.39 is 27.2 Å². The minimum absolute atomic E-state index is 0.0390. The van der Waals surface area contributed by atoms with Gasteiger partial charge in [-0.05, 0) is 25.5 Å². The molecule has 2 atom stereocenters. The molecule has 0 unspecified atom stereocenters. The molecule has 0 amide bonds. The van der Waals surface area contributed by atoms with Crippen molar-refractivity contribution < 1.29 is 27.4 Å². The van der Waals surface area contributed by atoms with Gasteiger partial charge in [-0.25, -0.2) is 27.8 Å². The number of nitrogens with zero attached hydrogens (tertiary/aromatic N) is 7. The molecule has 1 aliphatic rings. The average molecular weight is 607 g/mol. The third-order valence-electron chi connectivity index (χ3n) is 6.05. The van der Waals surface area contributed by atoms with Gasteiger partial charge in [-0.15, -0.1) is 21.5 Å².